The van der Waals surface area contributed by atoms with Crippen LogP contribution in [-0.2, 0) is 14.3 Å². The van der Waals surface area contributed by atoms with Crippen molar-refractivity contribution >= 4 is 29.5 Å². The van der Waals surface area contributed by atoms with Gasteiger partial charge in [-0.05, 0) is 62.9 Å². The quantitative estimate of drug-likeness (QED) is 0.592. The maximum atomic E-state index is 13.4. The van der Waals surface area contributed by atoms with Gasteiger partial charge in [0.25, 0.3) is 0 Å². The summed E-state index contributed by atoms with van der Waals surface area (Å²) < 4.78 is 18.5. The molecule has 0 spiro atoms. The smallest absolute Gasteiger partial charge is 0.310 e. The van der Waals surface area contributed by atoms with Gasteiger partial charge in [-0.3, -0.25) is 9.59 Å². The van der Waals surface area contributed by atoms with Crippen molar-refractivity contribution in [2.75, 3.05) is 37.7 Å². The van der Waals surface area contributed by atoms with Crippen molar-refractivity contribution in [3.05, 3.63) is 42.2 Å². The van der Waals surface area contributed by atoms with Gasteiger partial charge in [0.1, 0.15) is 10.8 Å². The van der Waals surface area contributed by atoms with Gasteiger partial charge < -0.3 is 14.5 Å². The predicted octanol–water partition coefficient (Wildman–Crippen LogP) is 3.79. The highest BCUT2D eigenvalue weighted by molar-refractivity contribution is 7.99. The first-order valence-corrected chi connectivity index (χ1v) is 12.3. The molecular weight excluding hydrogens is 443 g/mol. The van der Waals surface area contributed by atoms with Crippen LogP contribution in [0, 0.1) is 17.7 Å². The van der Waals surface area contributed by atoms with Gasteiger partial charge in [0, 0.05) is 37.0 Å². The Kier molecular flexibility index (Phi) is 7.80. The molecule has 0 aliphatic carbocycles. The lowest BCUT2D eigenvalue weighted by Crippen LogP contribution is -2.47. The molecule has 1 aromatic heterocycles. The lowest BCUT2D eigenvalue weighted by molar-refractivity contribution is -0.152. The number of esters is 1. The summed E-state index contributed by atoms with van der Waals surface area (Å²) in [6, 6.07) is 10.2. The number of nitrogens with zero attached hydrogens (tertiary/aromatic N) is 4. The van der Waals surface area contributed by atoms with E-state index in [4.69, 9.17) is 4.74 Å². The minimum Gasteiger partial charge on any atom is -0.466 e. The molecule has 33 heavy (non-hydrogen) atoms. The number of aromatic nitrogens is 2. The van der Waals surface area contributed by atoms with Crippen LogP contribution in [0.3, 0.4) is 0 Å². The maximum Gasteiger partial charge on any atom is 0.310 e. The average molecular weight is 473 g/mol. The number of carbonyl (C=O) groups excluding carboxylic acids is 2. The van der Waals surface area contributed by atoms with E-state index in [2.05, 4.69) is 15.1 Å². The first kappa shape index (κ1) is 23.5. The summed E-state index contributed by atoms with van der Waals surface area (Å²) in [5, 5.41) is 9.32. The van der Waals surface area contributed by atoms with Crippen LogP contribution in [0.15, 0.2) is 46.3 Å². The number of amides is 1. The molecule has 2 aromatic rings. The van der Waals surface area contributed by atoms with Gasteiger partial charge >= 0.3 is 5.97 Å². The van der Waals surface area contributed by atoms with Gasteiger partial charge in [-0.2, -0.15) is 0 Å². The largest absolute Gasteiger partial charge is 0.466 e. The molecule has 0 N–H and O–H groups in total. The fraction of sp³-hybridized carbons (Fsp3) is 0.500. The third kappa shape index (κ3) is 6.01. The zero-order valence-electron chi connectivity index (χ0n) is 18.8. The van der Waals surface area contributed by atoms with E-state index < -0.39 is 0 Å². The summed E-state index contributed by atoms with van der Waals surface area (Å²) >= 11 is 1.37. The highest BCUT2D eigenvalue weighted by Crippen LogP contribution is 2.29. The van der Waals surface area contributed by atoms with Gasteiger partial charge in [-0.1, -0.05) is 17.8 Å². The van der Waals surface area contributed by atoms with Crippen LogP contribution in [0.2, 0.25) is 0 Å². The Balaban J connectivity index is 1.28. The van der Waals surface area contributed by atoms with Crippen LogP contribution in [0.25, 0.3) is 0 Å². The summed E-state index contributed by atoms with van der Waals surface area (Å²) in [5.41, 5.74) is 0. The number of ether oxygens (including phenoxy) is 1. The van der Waals surface area contributed by atoms with E-state index in [1.54, 1.807) is 13.0 Å². The molecule has 0 radical (unpaired) electrons. The first-order valence-electron chi connectivity index (χ1n) is 11.5. The van der Waals surface area contributed by atoms with E-state index in [9.17, 15) is 14.0 Å². The zero-order valence-corrected chi connectivity index (χ0v) is 19.6. The Morgan fingerprint density at radius 1 is 1.09 bits per heavy atom. The Labute approximate surface area is 197 Å². The normalized spacial score (nSPS) is 19.4. The molecule has 1 atom stereocenters. The summed E-state index contributed by atoms with van der Waals surface area (Å²) in [7, 11) is 0. The summed E-state index contributed by atoms with van der Waals surface area (Å²) in [5.74, 6) is 0.228. The highest BCUT2D eigenvalue weighted by Gasteiger charge is 2.34. The number of hydrogen-bond donors (Lipinski definition) is 0. The minimum absolute atomic E-state index is 0.0297. The molecule has 7 nitrogen and oxygen atoms in total. The highest BCUT2D eigenvalue weighted by atomic mass is 32.2. The molecule has 4 rings (SSSR count). The van der Waals surface area contributed by atoms with Crippen LogP contribution in [0.4, 0.5) is 10.2 Å². The molecule has 9 heteroatoms. The van der Waals surface area contributed by atoms with Crippen LogP contribution >= 0.6 is 11.8 Å². The molecule has 2 aliphatic rings. The Hall–Kier alpha value is -2.68. The standard InChI is InChI=1S/C24H29FN4O3S/c1-2-32-24(31)18-5-4-12-29(16-18)23(30)17-10-13-28(14-11-17)21-8-9-22(27-26-21)33-20-7-3-6-19(25)15-20/h3,6-9,15,17-18H,2,4-5,10-14,16H2,1H3/t18-/m0/s1. The fourth-order valence-corrected chi connectivity index (χ4v) is 5.21. The number of anilines is 1. The Morgan fingerprint density at radius 2 is 1.91 bits per heavy atom. The van der Waals surface area contributed by atoms with E-state index in [0.717, 1.165) is 49.5 Å². The monoisotopic (exact) mass is 472 g/mol. The Morgan fingerprint density at radius 3 is 2.61 bits per heavy atom. The van der Waals surface area contributed by atoms with Crippen LogP contribution in [0.5, 0.6) is 0 Å². The number of halogens is 1. The predicted molar refractivity (Wildman–Crippen MR) is 123 cm³/mol. The van der Waals surface area contributed by atoms with Crippen molar-refractivity contribution in [2.45, 2.75) is 42.5 Å². The average Bonchev–Trinajstić information content (AvgIpc) is 2.84. The topological polar surface area (TPSA) is 75.6 Å². The SMILES string of the molecule is CCOC(=O)[C@H]1CCCN(C(=O)C2CCN(c3ccc(Sc4cccc(F)c4)nn3)CC2)C1. The summed E-state index contributed by atoms with van der Waals surface area (Å²) in [6.07, 6.45) is 3.12. The molecular formula is C24H29FN4O3S. The van der Waals surface area contributed by atoms with E-state index in [1.165, 1.54) is 23.9 Å². The number of hydrogen-bond acceptors (Lipinski definition) is 7. The summed E-state index contributed by atoms with van der Waals surface area (Å²) in [6.45, 7) is 4.82. The van der Waals surface area contributed by atoms with Gasteiger partial charge in [-0.15, -0.1) is 10.2 Å². The zero-order chi connectivity index (χ0) is 23.2. The maximum absolute atomic E-state index is 13.4. The fourth-order valence-electron chi connectivity index (χ4n) is 4.43. The van der Waals surface area contributed by atoms with Crippen LogP contribution in [-0.4, -0.2) is 59.8 Å². The third-order valence-electron chi connectivity index (χ3n) is 6.17. The first-order chi connectivity index (χ1) is 16.0. The van der Waals surface area contributed by atoms with Crippen molar-refractivity contribution in [2.24, 2.45) is 11.8 Å². The number of likely N-dealkylation sites (tertiary alicyclic amines) is 1. The van der Waals surface area contributed by atoms with E-state index in [-0.39, 0.29) is 29.5 Å². The van der Waals surface area contributed by atoms with E-state index >= 15 is 0 Å². The van der Waals surface area contributed by atoms with Gasteiger partial charge in [-0.25, -0.2) is 4.39 Å². The molecule has 1 amide bonds. The number of benzene rings is 1. The minimum atomic E-state index is -0.275. The third-order valence-corrected chi connectivity index (χ3v) is 7.08. The van der Waals surface area contributed by atoms with Crippen molar-refractivity contribution in [3.63, 3.8) is 0 Å². The number of rotatable bonds is 6. The molecule has 2 aliphatic heterocycles. The van der Waals surface area contributed by atoms with E-state index in [0.29, 0.717) is 24.7 Å². The number of piperidine rings is 2. The lowest BCUT2D eigenvalue weighted by Gasteiger charge is -2.37. The van der Waals surface area contributed by atoms with E-state index in [1.807, 2.05) is 23.1 Å². The van der Waals surface area contributed by atoms with Gasteiger partial charge in [0.15, 0.2) is 5.82 Å². The molecule has 0 unspecified atom stereocenters. The van der Waals surface area contributed by atoms with Crippen LogP contribution < -0.4 is 4.90 Å². The second-order valence-corrected chi connectivity index (χ2v) is 9.52. The van der Waals surface area contributed by atoms with Crippen molar-refractivity contribution in [1.29, 1.82) is 0 Å². The Bertz CT molecular complexity index is 966. The molecule has 1 aromatic carbocycles. The second-order valence-electron chi connectivity index (χ2n) is 8.43. The second kappa shape index (κ2) is 11.0. The molecule has 2 fully saturated rings. The molecule has 0 saturated carbocycles. The molecule has 2 saturated heterocycles. The molecule has 176 valence electrons. The molecule has 3 heterocycles. The lowest BCUT2D eigenvalue weighted by atomic mass is 9.92. The van der Waals surface area contributed by atoms with Crippen LogP contribution in [0.1, 0.15) is 32.6 Å². The van der Waals surface area contributed by atoms with Crippen molar-refractivity contribution in [3.8, 4) is 0 Å². The molecule has 0 bridgehead atoms. The summed E-state index contributed by atoms with van der Waals surface area (Å²) in [4.78, 5) is 29.9. The van der Waals surface area contributed by atoms with Crippen molar-refractivity contribution < 1.29 is 18.7 Å². The van der Waals surface area contributed by atoms with Gasteiger partial charge in [0.2, 0.25) is 5.91 Å². The van der Waals surface area contributed by atoms with Crippen molar-refractivity contribution in [1.82, 2.24) is 15.1 Å². The number of carbonyl (C=O) groups is 2. The van der Waals surface area contributed by atoms with Gasteiger partial charge in [0.05, 0.1) is 12.5 Å².